The molecule has 2 aromatic rings. The first-order valence-electron chi connectivity index (χ1n) is 5.80. The third kappa shape index (κ3) is 3.11. The molecule has 1 heterocycles. The summed E-state index contributed by atoms with van der Waals surface area (Å²) < 4.78 is 14.1. The molecule has 1 aromatic carbocycles. The molecule has 5 heteroatoms. The van der Waals surface area contributed by atoms with Gasteiger partial charge in [0, 0.05) is 21.9 Å². The van der Waals surface area contributed by atoms with E-state index in [1.807, 2.05) is 24.3 Å². The Morgan fingerprint density at radius 3 is 2.74 bits per heavy atom. The number of aliphatic hydroxyl groups excluding tert-OH is 1. The van der Waals surface area contributed by atoms with E-state index in [4.69, 9.17) is 0 Å². The van der Waals surface area contributed by atoms with Crippen LogP contribution in [0.2, 0.25) is 0 Å². The molecule has 0 aliphatic heterocycles. The number of anilines is 1. The summed E-state index contributed by atoms with van der Waals surface area (Å²) in [5.74, 6) is -0.425. The van der Waals surface area contributed by atoms with Gasteiger partial charge >= 0.3 is 0 Å². The van der Waals surface area contributed by atoms with Crippen molar-refractivity contribution < 1.29 is 9.50 Å². The van der Waals surface area contributed by atoms with Gasteiger partial charge in [-0.2, -0.15) is 0 Å². The lowest BCUT2D eigenvalue weighted by molar-refractivity contribution is 0.223. The molecule has 0 saturated heterocycles. The molecule has 0 saturated carbocycles. The van der Waals surface area contributed by atoms with E-state index in [0.29, 0.717) is 5.56 Å². The van der Waals surface area contributed by atoms with Crippen molar-refractivity contribution in [3.63, 3.8) is 0 Å². The van der Waals surface area contributed by atoms with Gasteiger partial charge in [0.25, 0.3) is 0 Å². The summed E-state index contributed by atoms with van der Waals surface area (Å²) in [6, 6.07) is 8.92. The van der Waals surface area contributed by atoms with Crippen molar-refractivity contribution in [3.8, 4) is 0 Å². The van der Waals surface area contributed by atoms with Crippen LogP contribution in [0.4, 0.5) is 10.1 Å². The van der Waals surface area contributed by atoms with E-state index < -0.39 is 11.4 Å². The van der Waals surface area contributed by atoms with E-state index in [1.165, 1.54) is 6.07 Å². The van der Waals surface area contributed by atoms with Crippen molar-refractivity contribution in [3.05, 3.63) is 58.6 Å². The molecule has 1 unspecified atom stereocenters. The normalized spacial score (nSPS) is 13.9. The van der Waals surface area contributed by atoms with Crippen molar-refractivity contribution in [2.75, 3.05) is 11.9 Å². The smallest absolute Gasteiger partial charge is 0.141 e. The van der Waals surface area contributed by atoms with Gasteiger partial charge < -0.3 is 10.4 Å². The summed E-state index contributed by atoms with van der Waals surface area (Å²) in [6.07, 6.45) is 2.68. The van der Waals surface area contributed by atoms with Crippen molar-refractivity contribution >= 4 is 21.6 Å². The van der Waals surface area contributed by atoms with Crippen molar-refractivity contribution in [2.24, 2.45) is 0 Å². The van der Waals surface area contributed by atoms with Gasteiger partial charge in [-0.15, -0.1) is 0 Å². The summed E-state index contributed by atoms with van der Waals surface area (Å²) in [5, 5.41) is 12.9. The van der Waals surface area contributed by atoms with Gasteiger partial charge in [-0.3, -0.25) is 4.98 Å². The first kappa shape index (κ1) is 14.0. The van der Waals surface area contributed by atoms with Gasteiger partial charge in [0.1, 0.15) is 5.82 Å². The van der Waals surface area contributed by atoms with E-state index in [0.717, 1.165) is 16.4 Å². The third-order valence-electron chi connectivity index (χ3n) is 2.94. The maximum absolute atomic E-state index is 13.3. The Balaban J connectivity index is 2.36. The Hall–Kier alpha value is -1.46. The molecule has 2 rings (SSSR count). The van der Waals surface area contributed by atoms with Crippen LogP contribution in [-0.2, 0) is 5.54 Å². The van der Waals surface area contributed by atoms with E-state index in [1.54, 1.807) is 13.1 Å². The average molecular weight is 325 g/mol. The predicted octanol–water partition coefficient (Wildman–Crippen LogP) is 3.30. The van der Waals surface area contributed by atoms with E-state index in [9.17, 15) is 9.50 Å². The highest BCUT2D eigenvalue weighted by Gasteiger charge is 2.27. The Morgan fingerprint density at radius 2 is 2.11 bits per heavy atom. The minimum atomic E-state index is -0.807. The SMILES string of the molecule is CC(CO)(Nc1ccccc1Br)c1cncc(F)c1. The number of para-hydroxylation sites is 1. The Labute approximate surface area is 119 Å². The zero-order valence-electron chi connectivity index (χ0n) is 10.4. The maximum atomic E-state index is 13.3. The standard InChI is InChI=1S/C14H14BrFN2O/c1-14(9-19,10-6-11(16)8-17-7-10)18-13-5-3-2-4-12(13)15/h2-8,18-19H,9H2,1H3. The molecule has 0 bridgehead atoms. The largest absolute Gasteiger partial charge is 0.394 e. The number of aromatic nitrogens is 1. The number of hydrogen-bond acceptors (Lipinski definition) is 3. The second-order valence-electron chi connectivity index (χ2n) is 4.49. The van der Waals surface area contributed by atoms with Crippen molar-refractivity contribution in [1.29, 1.82) is 0 Å². The lowest BCUT2D eigenvalue weighted by Gasteiger charge is -2.30. The zero-order chi connectivity index (χ0) is 13.9. The Kier molecular flexibility index (Phi) is 4.17. The molecule has 0 radical (unpaired) electrons. The Bertz CT molecular complexity index is 579. The molecule has 19 heavy (non-hydrogen) atoms. The highest BCUT2D eigenvalue weighted by Crippen LogP contribution is 2.30. The maximum Gasteiger partial charge on any atom is 0.141 e. The topological polar surface area (TPSA) is 45.1 Å². The highest BCUT2D eigenvalue weighted by atomic mass is 79.9. The van der Waals surface area contributed by atoms with Crippen LogP contribution in [0.15, 0.2) is 47.2 Å². The van der Waals surface area contributed by atoms with E-state index >= 15 is 0 Å². The second kappa shape index (κ2) is 5.67. The molecule has 0 spiro atoms. The van der Waals surface area contributed by atoms with Crippen molar-refractivity contribution in [2.45, 2.75) is 12.5 Å². The van der Waals surface area contributed by atoms with Crippen molar-refractivity contribution in [1.82, 2.24) is 4.98 Å². The second-order valence-corrected chi connectivity index (χ2v) is 5.34. The monoisotopic (exact) mass is 324 g/mol. The van der Waals surface area contributed by atoms with Crippen LogP contribution in [0.1, 0.15) is 12.5 Å². The number of benzene rings is 1. The van der Waals surface area contributed by atoms with Crippen LogP contribution in [0, 0.1) is 5.82 Å². The molecule has 0 aliphatic carbocycles. The van der Waals surface area contributed by atoms with Gasteiger partial charge in [-0.1, -0.05) is 12.1 Å². The highest BCUT2D eigenvalue weighted by molar-refractivity contribution is 9.10. The van der Waals surface area contributed by atoms with E-state index in [2.05, 4.69) is 26.2 Å². The fourth-order valence-corrected chi connectivity index (χ4v) is 2.16. The van der Waals surface area contributed by atoms with Crippen LogP contribution >= 0.6 is 15.9 Å². The summed E-state index contributed by atoms with van der Waals surface area (Å²) in [7, 11) is 0. The van der Waals surface area contributed by atoms with Crippen LogP contribution in [0.3, 0.4) is 0 Å². The van der Waals surface area contributed by atoms with Gasteiger partial charge in [0.15, 0.2) is 0 Å². The van der Waals surface area contributed by atoms with Gasteiger partial charge in [0.05, 0.1) is 18.3 Å². The molecule has 0 aliphatic rings. The molecule has 1 aromatic heterocycles. The number of hydrogen-bond donors (Lipinski definition) is 2. The van der Waals surface area contributed by atoms with Crippen LogP contribution in [-0.4, -0.2) is 16.7 Å². The first-order chi connectivity index (χ1) is 9.05. The lowest BCUT2D eigenvalue weighted by atomic mass is 9.94. The molecule has 2 N–H and O–H groups in total. The molecule has 0 fully saturated rings. The minimum Gasteiger partial charge on any atom is -0.394 e. The molecule has 3 nitrogen and oxygen atoms in total. The zero-order valence-corrected chi connectivity index (χ0v) is 12.0. The molecule has 100 valence electrons. The van der Waals surface area contributed by atoms with Crippen LogP contribution in [0.25, 0.3) is 0 Å². The number of nitrogens with one attached hydrogen (secondary N) is 1. The summed E-state index contributed by atoms with van der Waals surface area (Å²) in [4.78, 5) is 3.82. The average Bonchev–Trinajstić information content (AvgIpc) is 2.41. The van der Waals surface area contributed by atoms with Crippen LogP contribution < -0.4 is 5.32 Å². The predicted molar refractivity (Wildman–Crippen MR) is 76.4 cm³/mol. The summed E-state index contributed by atoms with van der Waals surface area (Å²) >= 11 is 3.43. The molecular formula is C14H14BrFN2O. The van der Waals surface area contributed by atoms with Crippen LogP contribution in [0.5, 0.6) is 0 Å². The van der Waals surface area contributed by atoms with Gasteiger partial charge in [-0.25, -0.2) is 4.39 Å². The number of nitrogens with zero attached hydrogens (tertiary/aromatic N) is 1. The molecule has 1 atom stereocenters. The van der Waals surface area contributed by atoms with E-state index in [-0.39, 0.29) is 6.61 Å². The Morgan fingerprint density at radius 1 is 1.37 bits per heavy atom. The third-order valence-corrected chi connectivity index (χ3v) is 3.63. The number of pyridine rings is 1. The van der Waals surface area contributed by atoms with Gasteiger partial charge in [0.2, 0.25) is 0 Å². The molecular weight excluding hydrogens is 311 g/mol. The fraction of sp³-hybridized carbons (Fsp3) is 0.214. The van der Waals surface area contributed by atoms with Gasteiger partial charge in [-0.05, 0) is 41.1 Å². The number of rotatable bonds is 4. The summed E-state index contributed by atoms with van der Waals surface area (Å²) in [6.45, 7) is 1.61. The first-order valence-corrected chi connectivity index (χ1v) is 6.59. The number of halogens is 2. The quantitative estimate of drug-likeness (QED) is 0.907. The lowest BCUT2D eigenvalue weighted by Crippen LogP contribution is -2.36. The number of aliphatic hydroxyl groups is 1. The minimum absolute atomic E-state index is 0.181. The molecule has 0 amide bonds. The summed E-state index contributed by atoms with van der Waals surface area (Å²) in [5.41, 5.74) is 0.605. The fourth-order valence-electron chi connectivity index (χ4n) is 1.78.